The van der Waals surface area contributed by atoms with E-state index in [9.17, 15) is 9.59 Å². The van der Waals surface area contributed by atoms with E-state index in [2.05, 4.69) is 0 Å². The van der Waals surface area contributed by atoms with Gasteiger partial charge in [-0.3, -0.25) is 0 Å². The van der Waals surface area contributed by atoms with Gasteiger partial charge in [0.25, 0.3) is 0 Å². The normalized spacial score (nSPS) is 13.8. The van der Waals surface area contributed by atoms with Crippen molar-refractivity contribution in [1.82, 2.24) is 0 Å². The van der Waals surface area contributed by atoms with E-state index in [4.69, 9.17) is 39.4 Å². The molecule has 0 spiro atoms. The third-order valence-electron chi connectivity index (χ3n) is 2.10. The highest BCUT2D eigenvalue weighted by Gasteiger charge is 2.22. The van der Waals surface area contributed by atoms with Gasteiger partial charge in [-0.05, 0) is 0 Å². The van der Waals surface area contributed by atoms with Crippen LogP contribution in [0.1, 0.15) is 0 Å². The Balaban J connectivity index is 4.06. The van der Waals surface area contributed by atoms with Gasteiger partial charge in [0.2, 0.25) is 0 Å². The highest BCUT2D eigenvalue weighted by molar-refractivity contribution is 5.73. The fourth-order valence-corrected chi connectivity index (χ4v) is 1.09. The molecule has 0 aliphatic carbocycles. The summed E-state index contributed by atoms with van der Waals surface area (Å²) in [6.45, 7) is -1.80. The summed E-state index contributed by atoms with van der Waals surface area (Å²) in [5, 5.41) is 34.6. The van der Waals surface area contributed by atoms with Crippen LogP contribution in [-0.2, 0) is 28.5 Å². The first kappa shape index (κ1) is 19.7. The second-order valence-electron chi connectivity index (χ2n) is 3.70. The van der Waals surface area contributed by atoms with Gasteiger partial charge in [0.1, 0.15) is 6.79 Å². The number of carbonyl (C=O) groups is 2. The van der Waals surface area contributed by atoms with Gasteiger partial charge in [0.15, 0.2) is 12.2 Å². The second kappa shape index (κ2) is 12.4. The summed E-state index contributed by atoms with van der Waals surface area (Å²) in [6.07, 6.45) is -2.69. The maximum atomic E-state index is 10.8. The summed E-state index contributed by atoms with van der Waals surface area (Å²) in [5.74, 6) is -2.61. The molecule has 0 radical (unpaired) electrons. The average Bonchev–Trinajstić information content (AvgIpc) is 2.43. The highest BCUT2D eigenvalue weighted by atomic mass is 16.7. The third kappa shape index (κ3) is 10.1. The van der Waals surface area contributed by atoms with Crippen LogP contribution in [0.25, 0.3) is 0 Å². The maximum absolute atomic E-state index is 10.8. The van der Waals surface area contributed by atoms with Crippen molar-refractivity contribution in [3.05, 3.63) is 0 Å². The smallest absolute Gasteiger partial charge is 0.335 e. The van der Waals surface area contributed by atoms with Crippen molar-refractivity contribution in [2.75, 3.05) is 46.4 Å². The van der Waals surface area contributed by atoms with Crippen LogP contribution in [0, 0.1) is 0 Å². The zero-order valence-corrected chi connectivity index (χ0v) is 11.3. The average molecular weight is 312 g/mol. The number of ether oxygens (including phenoxy) is 4. The zero-order chi connectivity index (χ0) is 16.1. The molecule has 0 aromatic rings. The Kier molecular flexibility index (Phi) is 11.7. The molecular weight excluding hydrogens is 292 g/mol. The van der Waals surface area contributed by atoms with Crippen LogP contribution >= 0.6 is 0 Å². The van der Waals surface area contributed by atoms with Crippen molar-refractivity contribution in [3.8, 4) is 0 Å². The molecule has 0 aromatic carbocycles. The molecule has 0 bridgehead atoms. The molecule has 0 saturated carbocycles. The van der Waals surface area contributed by atoms with Gasteiger partial charge in [0, 0.05) is 0 Å². The molecular formula is C11H20O10. The number of aliphatic carboxylic acids is 2. The maximum Gasteiger partial charge on any atom is 0.335 e. The molecule has 4 N–H and O–H groups in total. The molecule has 0 amide bonds. The Morgan fingerprint density at radius 2 is 1.19 bits per heavy atom. The topological polar surface area (TPSA) is 152 Å². The summed E-state index contributed by atoms with van der Waals surface area (Å²) in [7, 11) is 0. The summed E-state index contributed by atoms with van der Waals surface area (Å²) < 4.78 is 19.3. The molecule has 0 aromatic heterocycles. The van der Waals surface area contributed by atoms with Crippen molar-refractivity contribution in [3.63, 3.8) is 0 Å². The molecule has 0 fully saturated rings. The molecule has 10 heteroatoms. The second-order valence-corrected chi connectivity index (χ2v) is 3.70. The van der Waals surface area contributed by atoms with Gasteiger partial charge in [-0.2, -0.15) is 0 Å². The number of carboxylic acids is 2. The summed E-state index contributed by atoms with van der Waals surface area (Å²) in [5.41, 5.74) is 0. The molecule has 10 nitrogen and oxygen atoms in total. The van der Waals surface area contributed by atoms with Crippen LogP contribution in [0.3, 0.4) is 0 Å². The van der Waals surface area contributed by atoms with Crippen molar-refractivity contribution >= 4 is 11.9 Å². The van der Waals surface area contributed by atoms with Crippen LogP contribution in [0.4, 0.5) is 0 Å². The summed E-state index contributed by atoms with van der Waals surface area (Å²) in [4.78, 5) is 21.6. The quantitative estimate of drug-likeness (QED) is 0.207. The first-order valence-electron chi connectivity index (χ1n) is 6.09. The van der Waals surface area contributed by atoms with Gasteiger partial charge >= 0.3 is 11.9 Å². The number of aliphatic hydroxyl groups is 2. The van der Waals surface area contributed by atoms with Crippen LogP contribution in [0.2, 0.25) is 0 Å². The summed E-state index contributed by atoms with van der Waals surface area (Å²) in [6, 6.07) is 0. The molecule has 0 saturated heterocycles. The van der Waals surface area contributed by atoms with Crippen LogP contribution in [0.5, 0.6) is 0 Å². The molecule has 2 unspecified atom stereocenters. The fourth-order valence-electron chi connectivity index (χ4n) is 1.09. The van der Waals surface area contributed by atoms with E-state index in [1.165, 1.54) is 0 Å². The highest BCUT2D eigenvalue weighted by Crippen LogP contribution is 1.99. The lowest BCUT2D eigenvalue weighted by Gasteiger charge is -2.17. The number of hydrogen-bond acceptors (Lipinski definition) is 8. The van der Waals surface area contributed by atoms with Gasteiger partial charge in [-0.15, -0.1) is 0 Å². The van der Waals surface area contributed by atoms with E-state index in [0.29, 0.717) is 0 Å². The lowest BCUT2D eigenvalue weighted by atomic mass is 10.4. The van der Waals surface area contributed by atoms with Gasteiger partial charge in [-0.1, -0.05) is 0 Å². The molecule has 2 atom stereocenters. The van der Waals surface area contributed by atoms with Crippen molar-refractivity contribution in [1.29, 1.82) is 0 Å². The van der Waals surface area contributed by atoms with E-state index in [-0.39, 0.29) is 39.6 Å². The number of rotatable bonds is 14. The van der Waals surface area contributed by atoms with E-state index in [1.807, 2.05) is 0 Å². The Morgan fingerprint density at radius 3 is 1.48 bits per heavy atom. The molecule has 0 aliphatic rings. The third-order valence-corrected chi connectivity index (χ3v) is 2.10. The minimum Gasteiger partial charge on any atom is -0.479 e. The first-order valence-corrected chi connectivity index (χ1v) is 6.09. The van der Waals surface area contributed by atoms with Gasteiger partial charge in [-0.25, -0.2) is 9.59 Å². The number of carboxylic acid groups (broad SMARTS) is 2. The predicted molar refractivity (Wildman–Crippen MR) is 65.7 cm³/mol. The van der Waals surface area contributed by atoms with Gasteiger partial charge < -0.3 is 39.4 Å². The fraction of sp³-hybridized carbons (Fsp3) is 0.818. The monoisotopic (exact) mass is 312 g/mol. The zero-order valence-electron chi connectivity index (χ0n) is 11.3. The summed E-state index contributed by atoms with van der Waals surface area (Å²) >= 11 is 0. The van der Waals surface area contributed by atoms with E-state index < -0.39 is 30.9 Å². The number of hydrogen-bond donors (Lipinski definition) is 4. The van der Waals surface area contributed by atoms with Crippen molar-refractivity contribution in [2.24, 2.45) is 0 Å². The van der Waals surface area contributed by atoms with E-state index >= 15 is 0 Å². The Morgan fingerprint density at radius 1 is 0.810 bits per heavy atom. The predicted octanol–water partition coefficient (Wildman–Crippen LogP) is -2.10. The number of aliphatic hydroxyl groups excluding tert-OH is 2. The Labute approximate surface area is 120 Å². The Hall–Kier alpha value is -1.30. The van der Waals surface area contributed by atoms with Crippen molar-refractivity contribution < 1.29 is 49.0 Å². The lowest BCUT2D eigenvalue weighted by molar-refractivity contribution is -0.185. The largest absolute Gasteiger partial charge is 0.479 e. The van der Waals surface area contributed by atoms with Crippen LogP contribution in [0.15, 0.2) is 0 Å². The lowest BCUT2D eigenvalue weighted by Crippen LogP contribution is -2.34. The molecule has 0 heterocycles. The van der Waals surface area contributed by atoms with Crippen LogP contribution in [-0.4, -0.2) is 91.0 Å². The minimum absolute atomic E-state index is 0.0409. The van der Waals surface area contributed by atoms with E-state index in [1.54, 1.807) is 0 Å². The molecule has 0 aliphatic heterocycles. The molecule has 0 rings (SSSR count). The minimum atomic E-state index is -1.34. The van der Waals surface area contributed by atoms with E-state index in [0.717, 1.165) is 0 Å². The van der Waals surface area contributed by atoms with Crippen molar-refractivity contribution in [2.45, 2.75) is 12.2 Å². The molecule has 21 heavy (non-hydrogen) atoms. The molecule has 124 valence electrons. The Bertz CT molecular complexity index is 267. The first-order chi connectivity index (χ1) is 10.0. The van der Waals surface area contributed by atoms with Crippen LogP contribution < -0.4 is 0 Å². The standard InChI is InChI=1S/C11H20O10/c12-1-3-18-5-8(10(14)15)20-7-21-9(11(16)17)6-19-4-2-13/h8-9,12-13H,1-7H2,(H,14,15)(H,16,17). The van der Waals surface area contributed by atoms with Gasteiger partial charge in [0.05, 0.1) is 39.6 Å². The SMILES string of the molecule is O=C(O)C(COCCO)OCOC(COCCO)C(=O)O.